The second-order valence-electron chi connectivity index (χ2n) is 10.7. The number of fused-ring (bicyclic) bond motifs is 6. The number of likely N-dealkylation sites (tertiary alicyclic amines) is 1. The highest BCUT2D eigenvalue weighted by molar-refractivity contribution is 6.32. The van der Waals surface area contributed by atoms with Crippen molar-refractivity contribution in [1.29, 1.82) is 0 Å². The van der Waals surface area contributed by atoms with E-state index >= 15 is 0 Å². The number of benzene rings is 2. The van der Waals surface area contributed by atoms with E-state index in [2.05, 4.69) is 43.2 Å². The Labute approximate surface area is 201 Å². The minimum atomic E-state index is -0.512. The van der Waals surface area contributed by atoms with Crippen LogP contribution >= 0.6 is 0 Å². The van der Waals surface area contributed by atoms with Crippen molar-refractivity contribution in [2.24, 2.45) is 0 Å². The Hall–Kier alpha value is -3.22. The summed E-state index contributed by atoms with van der Waals surface area (Å²) in [6.07, 6.45) is 3.41. The SMILES string of the molecule is Bc1ccc2c(c1)COc1cc3c(cc1-2)CCc1nc([C@@H]2CCCN2C(=O)OC(C)(C)C)[nH]c1-3. The lowest BCUT2D eigenvalue weighted by molar-refractivity contribution is 0.0218. The third kappa shape index (κ3) is 3.58. The predicted octanol–water partition coefficient (Wildman–Crippen LogP) is 4.07. The molecule has 7 heteroatoms. The zero-order chi connectivity index (χ0) is 23.6. The third-order valence-electron chi connectivity index (χ3n) is 7.03. The molecule has 6 nitrogen and oxygen atoms in total. The molecule has 1 N–H and O–H groups in total. The van der Waals surface area contributed by atoms with Gasteiger partial charge in [0.2, 0.25) is 0 Å². The van der Waals surface area contributed by atoms with Gasteiger partial charge >= 0.3 is 6.09 Å². The maximum absolute atomic E-state index is 12.8. The molecule has 34 heavy (non-hydrogen) atoms. The number of carbonyl (C=O) groups is 1. The molecule has 1 fully saturated rings. The molecule has 1 amide bonds. The largest absolute Gasteiger partial charge is 0.488 e. The van der Waals surface area contributed by atoms with E-state index in [-0.39, 0.29) is 12.1 Å². The molecule has 174 valence electrons. The van der Waals surface area contributed by atoms with Crippen molar-refractivity contribution < 1.29 is 14.3 Å². The normalized spacial score (nSPS) is 18.4. The summed E-state index contributed by atoms with van der Waals surface area (Å²) in [4.78, 5) is 23.2. The zero-order valence-corrected chi connectivity index (χ0v) is 20.3. The van der Waals surface area contributed by atoms with Crippen LogP contribution < -0.4 is 10.2 Å². The first-order valence-corrected chi connectivity index (χ1v) is 12.3. The fourth-order valence-electron chi connectivity index (χ4n) is 5.49. The summed E-state index contributed by atoms with van der Waals surface area (Å²) in [5, 5.41) is 0. The van der Waals surface area contributed by atoms with E-state index in [1.807, 2.05) is 25.7 Å². The summed E-state index contributed by atoms with van der Waals surface area (Å²) in [5.74, 6) is 1.79. The van der Waals surface area contributed by atoms with Gasteiger partial charge in [0.05, 0.1) is 17.4 Å². The Morgan fingerprint density at radius 2 is 2.00 bits per heavy atom. The maximum Gasteiger partial charge on any atom is 0.410 e. The van der Waals surface area contributed by atoms with Gasteiger partial charge in [0.1, 0.15) is 31.6 Å². The highest BCUT2D eigenvalue weighted by Gasteiger charge is 2.36. The molecular weight excluding hydrogens is 425 g/mol. The number of aryl methyl sites for hydroxylation is 2. The topological polar surface area (TPSA) is 67.4 Å². The monoisotopic (exact) mass is 455 g/mol. The average Bonchev–Trinajstić information content (AvgIpc) is 3.43. The van der Waals surface area contributed by atoms with Crippen LogP contribution in [0.1, 0.15) is 62.3 Å². The lowest BCUT2D eigenvalue weighted by atomic mass is 9.85. The number of nitrogens with zero attached hydrogens (tertiary/aromatic N) is 2. The summed E-state index contributed by atoms with van der Waals surface area (Å²) in [7, 11) is 2.12. The van der Waals surface area contributed by atoms with Crippen LogP contribution in [-0.4, -0.2) is 41.0 Å². The van der Waals surface area contributed by atoms with Gasteiger partial charge in [-0.1, -0.05) is 23.7 Å². The molecule has 0 unspecified atom stereocenters. The van der Waals surface area contributed by atoms with E-state index in [0.717, 1.165) is 54.2 Å². The molecule has 2 aliphatic heterocycles. The fraction of sp³-hybridized carbons (Fsp3) is 0.407. The standard InChI is InChI=1S/C27H30BN3O3/c1-27(2,3)34-26(32)31-10-4-5-22(31)25-29-21-9-6-15-12-20-18-8-7-17(28)11-16(18)14-33-23(20)13-19(15)24(21)30-25/h7-8,11-13,22H,4-6,9-10,14,28H2,1-3H3,(H,29,30)/t22-/m0/s1. The van der Waals surface area contributed by atoms with Gasteiger partial charge in [-0.05, 0) is 75.3 Å². The van der Waals surface area contributed by atoms with E-state index < -0.39 is 5.60 Å². The van der Waals surface area contributed by atoms with Crippen LogP contribution in [0.25, 0.3) is 22.4 Å². The maximum atomic E-state index is 12.8. The number of nitrogens with one attached hydrogen (secondary N) is 1. The van der Waals surface area contributed by atoms with Gasteiger partial charge in [0, 0.05) is 17.7 Å². The summed E-state index contributed by atoms with van der Waals surface area (Å²) in [5.41, 5.74) is 9.05. The Morgan fingerprint density at radius 3 is 2.82 bits per heavy atom. The number of H-pyrrole nitrogens is 1. The molecule has 0 spiro atoms. The molecular formula is C27H30BN3O3. The second kappa shape index (κ2) is 7.65. The summed E-state index contributed by atoms with van der Waals surface area (Å²) in [6, 6.07) is 11.0. The fourth-order valence-corrected chi connectivity index (χ4v) is 5.49. The molecule has 0 bridgehead atoms. The first-order chi connectivity index (χ1) is 16.3. The van der Waals surface area contributed by atoms with Gasteiger partial charge in [0.15, 0.2) is 0 Å². The Morgan fingerprint density at radius 1 is 1.15 bits per heavy atom. The molecule has 3 aliphatic rings. The van der Waals surface area contributed by atoms with Gasteiger partial charge in [0.25, 0.3) is 0 Å². The van der Waals surface area contributed by atoms with E-state index in [1.54, 1.807) is 0 Å². The highest BCUT2D eigenvalue weighted by Crippen LogP contribution is 2.44. The highest BCUT2D eigenvalue weighted by atomic mass is 16.6. The quantitative estimate of drug-likeness (QED) is 0.562. The van der Waals surface area contributed by atoms with Crippen molar-refractivity contribution in [2.45, 2.75) is 64.7 Å². The van der Waals surface area contributed by atoms with Crippen LogP contribution in [0.15, 0.2) is 30.3 Å². The van der Waals surface area contributed by atoms with Crippen molar-refractivity contribution in [2.75, 3.05) is 6.54 Å². The minimum Gasteiger partial charge on any atom is -0.488 e. The minimum absolute atomic E-state index is 0.0760. The Kier molecular flexibility index (Phi) is 4.80. The van der Waals surface area contributed by atoms with Gasteiger partial charge in [-0.25, -0.2) is 9.78 Å². The molecule has 0 radical (unpaired) electrons. The first kappa shape index (κ1) is 21.3. The number of hydrogen-bond donors (Lipinski definition) is 1. The van der Waals surface area contributed by atoms with Crippen molar-refractivity contribution >= 4 is 19.4 Å². The molecule has 0 saturated carbocycles. The van der Waals surface area contributed by atoms with E-state index in [4.69, 9.17) is 14.5 Å². The van der Waals surface area contributed by atoms with E-state index in [1.165, 1.54) is 27.7 Å². The Balaban J connectivity index is 1.35. The van der Waals surface area contributed by atoms with Crippen LogP contribution in [0.2, 0.25) is 0 Å². The van der Waals surface area contributed by atoms with Crippen LogP contribution in [0.5, 0.6) is 5.75 Å². The summed E-state index contributed by atoms with van der Waals surface area (Å²) in [6.45, 7) is 7.00. The number of aromatic nitrogens is 2. The van der Waals surface area contributed by atoms with E-state index in [0.29, 0.717) is 13.2 Å². The van der Waals surface area contributed by atoms with Gasteiger partial charge < -0.3 is 14.5 Å². The number of rotatable bonds is 1. The van der Waals surface area contributed by atoms with Crippen LogP contribution in [0.3, 0.4) is 0 Å². The molecule has 3 heterocycles. The molecule has 6 rings (SSSR count). The van der Waals surface area contributed by atoms with Gasteiger partial charge in [-0.15, -0.1) is 0 Å². The molecule has 1 saturated heterocycles. The second-order valence-corrected chi connectivity index (χ2v) is 10.7. The predicted molar refractivity (Wildman–Crippen MR) is 134 cm³/mol. The number of aromatic amines is 1. The molecule has 1 aliphatic carbocycles. The van der Waals surface area contributed by atoms with Crippen molar-refractivity contribution in [3.05, 3.63) is 53.0 Å². The summed E-state index contributed by atoms with van der Waals surface area (Å²) < 4.78 is 11.8. The van der Waals surface area contributed by atoms with Crippen LogP contribution in [0, 0.1) is 0 Å². The average molecular weight is 455 g/mol. The number of carbonyl (C=O) groups excluding carboxylic acids is 1. The van der Waals surface area contributed by atoms with E-state index in [9.17, 15) is 4.79 Å². The number of ether oxygens (including phenoxy) is 2. The molecule has 1 aromatic heterocycles. The number of hydrogen-bond acceptors (Lipinski definition) is 4. The van der Waals surface area contributed by atoms with Gasteiger partial charge in [-0.3, -0.25) is 4.90 Å². The van der Waals surface area contributed by atoms with Crippen molar-refractivity contribution in [3.63, 3.8) is 0 Å². The summed E-state index contributed by atoms with van der Waals surface area (Å²) >= 11 is 0. The lowest BCUT2D eigenvalue weighted by Gasteiger charge is -2.27. The lowest BCUT2D eigenvalue weighted by Crippen LogP contribution is -2.36. The first-order valence-electron chi connectivity index (χ1n) is 12.3. The number of imidazole rings is 1. The molecule has 3 aromatic rings. The Bertz CT molecular complexity index is 1310. The third-order valence-corrected chi connectivity index (χ3v) is 7.03. The van der Waals surface area contributed by atoms with Crippen molar-refractivity contribution in [1.82, 2.24) is 14.9 Å². The molecule has 2 aromatic carbocycles. The molecule has 1 atom stereocenters. The van der Waals surface area contributed by atoms with Crippen molar-refractivity contribution in [3.8, 4) is 28.1 Å². The van der Waals surface area contributed by atoms with Gasteiger partial charge in [-0.2, -0.15) is 0 Å². The van der Waals surface area contributed by atoms with Crippen LogP contribution in [-0.2, 0) is 24.2 Å². The zero-order valence-electron chi connectivity index (χ0n) is 20.3. The van der Waals surface area contributed by atoms with Crippen LogP contribution in [0.4, 0.5) is 4.79 Å². The number of amides is 1. The smallest absolute Gasteiger partial charge is 0.410 e.